The quantitative estimate of drug-likeness (QED) is 0.343. The van der Waals surface area contributed by atoms with Gasteiger partial charge in [-0.2, -0.15) is 4.98 Å². The summed E-state index contributed by atoms with van der Waals surface area (Å²) in [5, 5.41) is 8.72. The van der Waals surface area contributed by atoms with Crippen molar-refractivity contribution in [2.75, 3.05) is 0 Å². The second-order valence-corrected chi connectivity index (χ2v) is 8.32. The molecule has 2 aliphatic heterocycles. The van der Waals surface area contributed by atoms with Crippen LogP contribution in [0.4, 0.5) is 5.95 Å². The molecule has 0 aliphatic carbocycles. The van der Waals surface area contributed by atoms with Crippen LogP contribution in [0.15, 0.2) is 96.0 Å². The van der Waals surface area contributed by atoms with Crippen molar-refractivity contribution in [3.8, 4) is 11.4 Å². The maximum absolute atomic E-state index is 4.82. The fourth-order valence-corrected chi connectivity index (χ4v) is 4.35. The lowest BCUT2D eigenvalue weighted by atomic mass is 10.3. The number of hydrogen-bond donors (Lipinski definition) is 0. The second kappa shape index (κ2) is 8.21. The van der Waals surface area contributed by atoms with Crippen molar-refractivity contribution in [3.05, 3.63) is 108 Å². The minimum absolute atomic E-state index is 0.322. The van der Waals surface area contributed by atoms with Crippen molar-refractivity contribution in [2.24, 2.45) is 4.99 Å². The number of hydrogen-bond acceptors (Lipinski definition) is 6. The molecule has 0 spiro atoms. The van der Waals surface area contributed by atoms with Gasteiger partial charge in [-0.15, -0.1) is 10.2 Å². The summed E-state index contributed by atoms with van der Waals surface area (Å²) in [7, 11) is 0. The van der Waals surface area contributed by atoms with Gasteiger partial charge in [0.25, 0.3) is 11.7 Å². The minimum atomic E-state index is 0.322. The summed E-state index contributed by atoms with van der Waals surface area (Å²) in [5.74, 6) is 0.716. The molecule has 3 aromatic heterocycles. The van der Waals surface area contributed by atoms with Crippen LogP contribution in [0.2, 0.25) is 0 Å². The summed E-state index contributed by atoms with van der Waals surface area (Å²) in [6.07, 6.45) is 5.68. The minimum Gasteiger partial charge on any atom is -0.310 e. The summed E-state index contributed by atoms with van der Waals surface area (Å²) in [6.45, 7) is 0. The average molecular weight is 467 g/mol. The third kappa shape index (κ3) is 3.57. The van der Waals surface area contributed by atoms with E-state index in [1.54, 1.807) is 6.21 Å². The standard InChI is InChI=1S/C28H18N8/c1-3-7-22(8-4-1)35-24-13-14-25(35)16-21-18-29-27(31-21)32-28-34-33-26(17-20-12-11-19(15-24)30-20)36(28)23-9-5-2-6-10-23/h1-18H. The maximum Gasteiger partial charge on any atom is 0.259 e. The van der Waals surface area contributed by atoms with Crippen molar-refractivity contribution in [2.45, 2.75) is 0 Å². The molecule has 0 saturated heterocycles. The monoisotopic (exact) mass is 466 g/mol. The maximum atomic E-state index is 4.82. The largest absolute Gasteiger partial charge is 0.310 e. The molecular weight excluding hydrogens is 448 g/mol. The highest BCUT2D eigenvalue weighted by Gasteiger charge is 2.11. The molecule has 0 N–H and O–H groups in total. The Kier molecular flexibility index (Phi) is 4.60. The van der Waals surface area contributed by atoms with E-state index in [0.717, 1.165) is 33.8 Å². The lowest BCUT2D eigenvalue weighted by Gasteiger charge is -2.06. The molecule has 0 amide bonds. The van der Waals surface area contributed by atoms with Crippen LogP contribution in [0.1, 0.15) is 17.1 Å². The van der Waals surface area contributed by atoms with E-state index in [1.165, 1.54) is 0 Å². The van der Waals surface area contributed by atoms with E-state index in [1.807, 2.05) is 77.4 Å². The molecule has 170 valence electrons. The molecule has 5 heterocycles. The smallest absolute Gasteiger partial charge is 0.259 e. The van der Waals surface area contributed by atoms with E-state index in [-0.39, 0.29) is 0 Å². The van der Waals surface area contributed by atoms with Crippen molar-refractivity contribution >= 4 is 46.8 Å². The van der Waals surface area contributed by atoms with E-state index < -0.39 is 0 Å². The summed E-state index contributed by atoms with van der Waals surface area (Å²) in [4.78, 5) is 18.5. The average Bonchev–Trinajstić information content (AvgIpc) is 3.70. The lowest BCUT2D eigenvalue weighted by molar-refractivity contribution is 1.07. The van der Waals surface area contributed by atoms with Crippen LogP contribution in [0.3, 0.4) is 0 Å². The first kappa shape index (κ1) is 20.2. The van der Waals surface area contributed by atoms with Gasteiger partial charge in [0.15, 0.2) is 5.65 Å². The van der Waals surface area contributed by atoms with Gasteiger partial charge in [-0.3, -0.25) is 4.57 Å². The molecule has 0 unspecified atom stereocenters. The van der Waals surface area contributed by atoms with Gasteiger partial charge >= 0.3 is 0 Å². The predicted octanol–water partition coefficient (Wildman–Crippen LogP) is 5.35. The lowest BCUT2D eigenvalue weighted by Crippen LogP contribution is -1.95. The third-order valence-electron chi connectivity index (χ3n) is 5.93. The van der Waals surface area contributed by atoms with Gasteiger partial charge in [-0.25, -0.2) is 15.0 Å². The number of para-hydroxylation sites is 2. The van der Waals surface area contributed by atoms with E-state index in [0.29, 0.717) is 23.1 Å². The number of aliphatic imine (C=N–C) groups is 1. The Labute approximate surface area is 205 Å². The fraction of sp³-hybridized carbons (Fsp3) is 0. The van der Waals surface area contributed by atoms with Crippen LogP contribution >= 0.6 is 0 Å². The summed E-state index contributed by atoms with van der Waals surface area (Å²) in [5.41, 5.74) is 6.85. The molecule has 0 saturated carbocycles. The van der Waals surface area contributed by atoms with E-state index in [9.17, 15) is 0 Å². The Bertz CT molecular complexity index is 1610. The molecule has 0 atom stereocenters. The first-order chi connectivity index (χ1) is 17.8. The molecule has 36 heavy (non-hydrogen) atoms. The zero-order valence-corrected chi connectivity index (χ0v) is 19.0. The van der Waals surface area contributed by atoms with Crippen molar-refractivity contribution < 1.29 is 0 Å². The highest BCUT2D eigenvalue weighted by molar-refractivity contribution is 5.84. The van der Waals surface area contributed by atoms with Gasteiger partial charge in [0.05, 0.1) is 29.0 Å². The molecule has 0 fully saturated rings. The number of nitrogens with zero attached hydrogens (tertiary/aromatic N) is 8. The summed E-state index contributed by atoms with van der Waals surface area (Å²) in [6, 6.07) is 30.2. The molecule has 5 aromatic rings. The van der Waals surface area contributed by atoms with Gasteiger partial charge in [-0.05, 0) is 60.7 Å². The third-order valence-corrected chi connectivity index (χ3v) is 5.93. The van der Waals surface area contributed by atoms with Gasteiger partial charge in [0.2, 0.25) is 0 Å². The Morgan fingerprint density at radius 1 is 0.528 bits per heavy atom. The van der Waals surface area contributed by atoms with Gasteiger partial charge in [0, 0.05) is 22.8 Å². The Hall–Kier alpha value is -5.24. The van der Waals surface area contributed by atoms with Crippen LogP contribution in [-0.2, 0) is 0 Å². The molecule has 2 aromatic carbocycles. The Morgan fingerprint density at radius 3 is 1.89 bits per heavy atom. The molecule has 8 nitrogen and oxygen atoms in total. The molecule has 2 aliphatic rings. The van der Waals surface area contributed by atoms with Crippen LogP contribution < -0.4 is 0 Å². The second-order valence-electron chi connectivity index (χ2n) is 8.32. The summed E-state index contributed by atoms with van der Waals surface area (Å²) >= 11 is 0. The molecule has 8 heteroatoms. The van der Waals surface area contributed by atoms with Crippen LogP contribution in [0.25, 0.3) is 46.0 Å². The molecule has 7 rings (SSSR count). The van der Waals surface area contributed by atoms with E-state index in [2.05, 4.69) is 60.1 Å². The number of rotatable bonds is 2. The van der Waals surface area contributed by atoms with Gasteiger partial charge in [0.1, 0.15) is 0 Å². The summed E-state index contributed by atoms with van der Waals surface area (Å²) < 4.78 is 4.04. The van der Waals surface area contributed by atoms with Gasteiger partial charge < -0.3 is 4.57 Å². The topological polar surface area (TPSA) is 86.7 Å². The van der Waals surface area contributed by atoms with Crippen LogP contribution in [0, 0.1) is 0 Å². The first-order valence-corrected chi connectivity index (χ1v) is 11.5. The molecule has 0 radical (unpaired) electrons. The fourth-order valence-electron chi connectivity index (χ4n) is 4.35. The normalized spacial score (nSPS) is 12.2. The van der Waals surface area contributed by atoms with Crippen LogP contribution in [-0.4, -0.2) is 40.5 Å². The molecule has 8 bridgehead atoms. The van der Waals surface area contributed by atoms with Crippen LogP contribution in [0.5, 0.6) is 0 Å². The highest BCUT2D eigenvalue weighted by Crippen LogP contribution is 2.22. The van der Waals surface area contributed by atoms with E-state index in [4.69, 9.17) is 4.98 Å². The zero-order chi connectivity index (χ0) is 23.9. The SMILES string of the molecule is C1=Cc2cc3nnc(nc4nc(cc5ccc(cc1n2)n5-c1ccccc1)C=N4)n3-c1ccccc1. The molecular formula is C28H18N8. The number of benzene rings is 2. The first-order valence-electron chi connectivity index (χ1n) is 11.5. The van der Waals surface area contributed by atoms with Gasteiger partial charge in [-0.1, -0.05) is 36.4 Å². The predicted molar refractivity (Wildman–Crippen MR) is 141 cm³/mol. The number of aromatic nitrogens is 7. The number of fused-ring (bicyclic) bond motifs is 8. The Balaban J connectivity index is 1.58. The Morgan fingerprint density at radius 2 is 1.17 bits per heavy atom. The van der Waals surface area contributed by atoms with E-state index >= 15 is 0 Å². The van der Waals surface area contributed by atoms with Crippen molar-refractivity contribution in [3.63, 3.8) is 0 Å². The van der Waals surface area contributed by atoms with Crippen molar-refractivity contribution in [1.29, 1.82) is 0 Å². The van der Waals surface area contributed by atoms with Crippen molar-refractivity contribution in [1.82, 2.24) is 34.3 Å². The highest BCUT2D eigenvalue weighted by atomic mass is 15.3. The zero-order valence-electron chi connectivity index (χ0n) is 19.0.